The van der Waals surface area contributed by atoms with Gasteiger partial charge in [-0.3, -0.25) is 0 Å². The molecule has 2 N–H and O–H groups in total. The fraction of sp³-hybridized carbons (Fsp3) is 0.250. The molecule has 176 valence electrons. The van der Waals surface area contributed by atoms with Crippen molar-refractivity contribution in [3.63, 3.8) is 0 Å². The average Bonchev–Trinajstić information content (AvgIpc) is 3.17. The Labute approximate surface area is 203 Å². The average molecular weight is 471 g/mol. The van der Waals surface area contributed by atoms with Crippen molar-refractivity contribution >= 4 is 48.2 Å². The Kier molecular flexibility index (Phi) is 7.19. The molecule has 6 heteroatoms. The highest BCUT2D eigenvalue weighted by atomic mass is 28.3. The highest BCUT2D eigenvalue weighted by Gasteiger charge is 2.14. The first-order valence-corrected chi connectivity index (χ1v) is 15.4. The molecule has 0 spiro atoms. The summed E-state index contributed by atoms with van der Waals surface area (Å²) < 4.78 is 8.03. The SMILES string of the molecule is CN(c1cccc(N)c1)c1ccc2c(/C=C/c3ccccc3)nn(COCC[Si](C)(C)C)c2c1. The van der Waals surface area contributed by atoms with E-state index < -0.39 is 8.07 Å². The van der Waals surface area contributed by atoms with Crippen molar-refractivity contribution in [1.82, 2.24) is 9.78 Å². The molecule has 0 fully saturated rings. The van der Waals surface area contributed by atoms with Gasteiger partial charge >= 0.3 is 0 Å². The summed E-state index contributed by atoms with van der Waals surface area (Å²) in [6.07, 6.45) is 4.18. The minimum absolute atomic E-state index is 0.436. The molecule has 0 radical (unpaired) electrons. The molecule has 5 nitrogen and oxygen atoms in total. The van der Waals surface area contributed by atoms with E-state index in [1.807, 2.05) is 41.1 Å². The second-order valence-corrected chi connectivity index (χ2v) is 15.5. The number of benzene rings is 3. The number of nitrogen functional groups attached to an aromatic ring is 1. The molecule has 3 aromatic carbocycles. The third-order valence-electron chi connectivity index (χ3n) is 5.85. The Morgan fingerprint density at radius 2 is 1.71 bits per heavy atom. The zero-order valence-electron chi connectivity index (χ0n) is 20.5. The fourth-order valence-electron chi connectivity index (χ4n) is 3.77. The molecule has 1 heterocycles. The number of nitrogens with two attached hydrogens (primary N) is 1. The van der Waals surface area contributed by atoms with Crippen molar-refractivity contribution in [3.8, 4) is 0 Å². The molecule has 0 bridgehead atoms. The lowest BCUT2D eigenvalue weighted by Crippen LogP contribution is -2.22. The largest absolute Gasteiger partial charge is 0.399 e. The smallest absolute Gasteiger partial charge is 0.140 e. The minimum atomic E-state index is -1.14. The number of fused-ring (bicyclic) bond motifs is 1. The molecule has 0 saturated heterocycles. The lowest BCUT2D eigenvalue weighted by atomic mass is 10.1. The van der Waals surface area contributed by atoms with E-state index in [-0.39, 0.29) is 0 Å². The summed E-state index contributed by atoms with van der Waals surface area (Å²) in [4.78, 5) is 2.14. The van der Waals surface area contributed by atoms with E-state index in [1.165, 1.54) is 0 Å². The van der Waals surface area contributed by atoms with Crippen molar-refractivity contribution in [3.05, 3.63) is 84.1 Å². The van der Waals surface area contributed by atoms with Crippen LogP contribution in [0.1, 0.15) is 11.3 Å². The van der Waals surface area contributed by atoms with Gasteiger partial charge in [0.05, 0.1) is 11.2 Å². The van der Waals surface area contributed by atoms with Gasteiger partial charge in [-0.15, -0.1) is 0 Å². The van der Waals surface area contributed by atoms with Crippen LogP contribution in [-0.4, -0.2) is 31.5 Å². The van der Waals surface area contributed by atoms with Crippen molar-refractivity contribution < 1.29 is 4.74 Å². The van der Waals surface area contributed by atoms with Gasteiger partial charge in [-0.1, -0.05) is 62.1 Å². The van der Waals surface area contributed by atoms with Crippen LogP contribution in [0.4, 0.5) is 17.1 Å². The van der Waals surface area contributed by atoms with E-state index in [1.54, 1.807) is 0 Å². The van der Waals surface area contributed by atoms with E-state index in [4.69, 9.17) is 15.6 Å². The van der Waals surface area contributed by atoms with Crippen molar-refractivity contribution in [2.75, 3.05) is 24.3 Å². The third-order valence-corrected chi connectivity index (χ3v) is 7.56. The predicted molar refractivity (Wildman–Crippen MR) is 148 cm³/mol. The molecule has 0 aliphatic carbocycles. The highest BCUT2D eigenvalue weighted by molar-refractivity contribution is 6.76. The topological polar surface area (TPSA) is 56.3 Å². The van der Waals surface area contributed by atoms with Crippen molar-refractivity contribution in [1.29, 1.82) is 0 Å². The molecule has 1 aromatic heterocycles. The number of ether oxygens (including phenoxy) is 1. The van der Waals surface area contributed by atoms with Crippen LogP contribution in [0.15, 0.2) is 72.8 Å². The Bertz CT molecular complexity index is 1270. The van der Waals surface area contributed by atoms with Crippen LogP contribution < -0.4 is 10.6 Å². The molecule has 4 aromatic rings. The van der Waals surface area contributed by atoms with Crippen LogP contribution in [-0.2, 0) is 11.5 Å². The van der Waals surface area contributed by atoms with E-state index in [2.05, 4.69) is 80.1 Å². The van der Waals surface area contributed by atoms with Gasteiger partial charge in [-0.2, -0.15) is 5.10 Å². The minimum Gasteiger partial charge on any atom is -0.399 e. The standard InChI is InChI=1S/C28H34N4OSi/c1-31(24-12-8-11-23(29)19-24)25-14-15-26-27(16-13-22-9-6-5-7-10-22)30-32(28(26)20-25)21-33-17-18-34(2,3)4/h5-16,19-20H,17-18,21,29H2,1-4H3/b16-13+. The van der Waals surface area contributed by atoms with Crippen LogP contribution in [0.3, 0.4) is 0 Å². The maximum Gasteiger partial charge on any atom is 0.140 e. The number of hydrogen-bond acceptors (Lipinski definition) is 4. The first-order chi connectivity index (χ1) is 16.3. The van der Waals surface area contributed by atoms with Crippen molar-refractivity contribution in [2.45, 2.75) is 32.4 Å². The number of hydrogen-bond donors (Lipinski definition) is 1. The quantitative estimate of drug-likeness (QED) is 0.165. The van der Waals surface area contributed by atoms with Crippen LogP contribution in [0.5, 0.6) is 0 Å². The molecule has 4 rings (SSSR count). The molecule has 0 saturated carbocycles. The lowest BCUT2D eigenvalue weighted by Gasteiger charge is -2.20. The number of rotatable bonds is 9. The molecule has 0 amide bonds. The monoisotopic (exact) mass is 470 g/mol. The first-order valence-electron chi connectivity index (χ1n) is 11.7. The van der Waals surface area contributed by atoms with Gasteiger partial charge < -0.3 is 15.4 Å². The molecule has 0 unspecified atom stereocenters. The first kappa shape index (κ1) is 23.8. The maximum absolute atomic E-state index is 6.06. The Balaban J connectivity index is 1.66. The lowest BCUT2D eigenvalue weighted by molar-refractivity contribution is 0.0816. The molecule has 0 atom stereocenters. The van der Waals surface area contributed by atoms with Gasteiger partial charge in [-0.05, 0) is 54.1 Å². The van der Waals surface area contributed by atoms with Crippen molar-refractivity contribution in [2.24, 2.45) is 0 Å². The third kappa shape index (κ3) is 5.95. The molecule has 34 heavy (non-hydrogen) atoms. The second kappa shape index (κ2) is 10.3. The number of anilines is 3. The maximum atomic E-state index is 6.06. The van der Waals surface area contributed by atoms with Crippen LogP contribution >= 0.6 is 0 Å². The summed E-state index contributed by atoms with van der Waals surface area (Å²) in [7, 11) is 0.910. The fourth-order valence-corrected chi connectivity index (χ4v) is 4.53. The normalized spacial score (nSPS) is 12.0. The summed E-state index contributed by atoms with van der Waals surface area (Å²) in [5.74, 6) is 0. The molecule has 0 aliphatic rings. The van der Waals surface area contributed by atoms with Crippen LogP contribution in [0.25, 0.3) is 23.1 Å². The predicted octanol–water partition coefficient (Wildman–Crippen LogP) is 6.87. The Morgan fingerprint density at radius 3 is 2.44 bits per heavy atom. The summed E-state index contributed by atoms with van der Waals surface area (Å²) in [5, 5.41) is 6.01. The number of aromatic nitrogens is 2. The van der Waals surface area contributed by atoms with Gasteiger partial charge in [0, 0.05) is 44.2 Å². The Hall–Kier alpha value is -3.35. The summed E-state index contributed by atoms with van der Waals surface area (Å²) in [6, 6.07) is 25.8. The van der Waals surface area contributed by atoms with Gasteiger partial charge in [0.15, 0.2) is 0 Å². The summed E-state index contributed by atoms with van der Waals surface area (Å²) in [5.41, 5.74) is 12.0. The van der Waals surface area contributed by atoms with Crippen LogP contribution in [0, 0.1) is 0 Å². The van der Waals surface area contributed by atoms with Crippen LogP contribution in [0.2, 0.25) is 25.7 Å². The summed E-state index contributed by atoms with van der Waals surface area (Å²) in [6.45, 7) is 8.29. The second-order valence-electron chi connectivity index (χ2n) is 9.83. The zero-order valence-corrected chi connectivity index (χ0v) is 21.5. The zero-order chi connectivity index (χ0) is 24.1. The Morgan fingerprint density at radius 1 is 0.941 bits per heavy atom. The van der Waals surface area contributed by atoms with E-state index in [0.29, 0.717) is 6.73 Å². The number of nitrogens with zero attached hydrogens (tertiary/aromatic N) is 3. The van der Waals surface area contributed by atoms with Gasteiger partial charge in [0.1, 0.15) is 6.73 Å². The van der Waals surface area contributed by atoms with E-state index in [0.717, 1.165) is 51.9 Å². The summed E-state index contributed by atoms with van der Waals surface area (Å²) >= 11 is 0. The van der Waals surface area contributed by atoms with E-state index in [9.17, 15) is 0 Å². The van der Waals surface area contributed by atoms with Gasteiger partial charge in [0.25, 0.3) is 0 Å². The van der Waals surface area contributed by atoms with Gasteiger partial charge in [0.2, 0.25) is 0 Å². The molecular weight excluding hydrogens is 436 g/mol. The van der Waals surface area contributed by atoms with Gasteiger partial charge in [-0.25, -0.2) is 4.68 Å². The molecule has 0 aliphatic heterocycles. The highest BCUT2D eigenvalue weighted by Crippen LogP contribution is 2.30. The molecular formula is C28H34N4OSi. The van der Waals surface area contributed by atoms with E-state index >= 15 is 0 Å².